The number of halogens is 1. The average Bonchev–Trinajstić information content (AvgIpc) is 3.80. The quantitative estimate of drug-likeness (QED) is 0.161. The molecule has 3 aliphatic rings. The number of benzene rings is 4. The predicted octanol–water partition coefficient (Wildman–Crippen LogP) is 6.59. The Morgan fingerprint density at radius 3 is 2.37 bits per heavy atom. The first kappa shape index (κ1) is 37.8. The lowest BCUT2D eigenvalue weighted by molar-refractivity contribution is -0.150. The number of hydrogen-bond acceptors (Lipinski definition) is 7. The average molecular weight is 813 g/mol. The summed E-state index contributed by atoms with van der Waals surface area (Å²) >= 11 is 3.68. The van der Waals surface area contributed by atoms with Gasteiger partial charge in [-0.15, -0.1) is 0 Å². The van der Waals surface area contributed by atoms with Gasteiger partial charge in [0.05, 0.1) is 53.1 Å². The fraction of sp³-hybridized carbons (Fsp3) is 0.357. The lowest BCUT2D eigenvalue weighted by Gasteiger charge is -2.37. The van der Waals surface area contributed by atoms with E-state index in [0.29, 0.717) is 26.2 Å². The summed E-state index contributed by atoms with van der Waals surface area (Å²) in [5.74, 6) is 0.169. The third-order valence-electron chi connectivity index (χ3n) is 11.5. The smallest absolute Gasteiger partial charge is 0.414 e. The van der Waals surface area contributed by atoms with Crippen molar-refractivity contribution in [1.82, 2.24) is 4.90 Å². The molecule has 12 heteroatoms. The fourth-order valence-electron chi connectivity index (χ4n) is 8.75. The van der Waals surface area contributed by atoms with Crippen LogP contribution in [-0.2, 0) is 37.8 Å². The van der Waals surface area contributed by atoms with Crippen molar-refractivity contribution < 1.29 is 33.7 Å². The van der Waals surface area contributed by atoms with Crippen LogP contribution in [0.3, 0.4) is 0 Å². The second kappa shape index (κ2) is 15.3. The van der Waals surface area contributed by atoms with Crippen molar-refractivity contribution in [2.24, 2.45) is 5.92 Å². The fourth-order valence-corrected chi connectivity index (χ4v) is 13.1. The molecular weight excluding hydrogens is 766 g/mol. The number of fused-ring (bicyclic) bond motifs is 2. The zero-order valence-electron chi connectivity index (χ0n) is 31.0. The van der Waals surface area contributed by atoms with E-state index in [9.17, 15) is 14.7 Å². The van der Waals surface area contributed by atoms with E-state index in [2.05, 4.69) is 48.1 Å². The molecule has 0 aromatic heterocycles. The highest BCUT2D eigenvalue weighted by Gasteiger charge is 2.66. The van der Waals surface area contributed by atoms with Gasteiger partial charge in [0, 0.05) is 34.7 Å². The molecular formula is C42H46BrN3O7Si. The Hall–Kier alpha value is -4.49. The number of methoxy groups -OCH3 is 1. The highest BCUT2D eigenvalue weighted by Crippen LogP contribution is 2.60. The van der Waals surface area contributed by atoms with Crippen LogP contribution in [0, 0.1) is 5.92 Å². The summed E-state index contributed by atoms with van der Waals surface area (Å²) in [6.07, 6.45) is -0.884. The molecule has 3 amide bonds. The molecule has 2 saturated heterocycles. The minimum Gasteiger partial charge on any atom is -0.497 e. The van der Waals surface area contributed by atoms with Crippen LogP contribution >= 0.6 is 15.9 Å². The van der Waals surface area contributed by atoms with Crippen molar-refractivity contribution in [3.8, 4) is 5.75 Å². The molecule has 7 rings (SSSR count). The van der Waals surface area contributed by atoms with Crippen molar-refractivity contribution in [2.45, 2.75) is 56.8 Å². The molecule has 3 heterocycles. The number of anilines is 2. The first-order chi connectivity index (χ1) is 26.0. The molecule has 10 nitrogen and oxygen atoms in total. The molecule has 54 heavy (non-hydrogen) atoms. The van der Waals surface area contributed by atoms with Crippen LogP contribution in [0.4, 0.5) is 16.2 Å². The number of hydrogen-bond donors (Lipinski definition) is 1. The van der Waals surface area contributed by atoms with E-state index in [-0.39, 0.29) is 48.9 Å². The first-order valence-electron chi connectivity index (χ1n) is 18.4. The number of aliphatic hydroxyl groups is 1. The Morgan fingerprint density at radius 2 is 1.72 bits per heavy atom. The molecule has 2 fully saturated rings. The van der Waals surface area contributed by atoms with E-state index in [0.717, 1.165) is 38.3 Å². The molecule has 282 valence electrons. The Kier molecular flexibility index (Phi) is 10.7. The van der Waals surface area contributed by atoms with Crippen molar-refractivity contribution in [3.05, 3.63) is 118 Å². The van der Waals surface area contributed by atoms with Crippen LogP contribution in [0.15, 0.2) is 102 Å². The number of cyclic esters (lactones) is 1. The highest BCUT2D eigenvalue weighted by molar-refractivity contribution is 9.10. The monoisotopic (exact) mass is 811 g/mol. The maximum absolute atomic E-state index is 15.2. The van der Waals surface area contributed by atoms with Crippen molar-refractivity contribution >= 4 is 58.5 Å². The van der Waals surface area contributed by atoms with Crippen LogP contribution in [0.2, 0.25) is 18.6 Å². The summed E-state index contributed by atoms with van der Waals surface area (Å²) in [6.45, 7) is 8.22. The molecule has 0 aliphatic carbocycles. The molecule has 4 aromatic carbocycles. The Bertz CT molecular complexity index is 2010. The second-order valence-corrected chi connectivity index (χ2v) is 20.5. The van der Waals surface area contributed by atoms with E-state index < -0.39 is 19.8 Å². The molecule has 0 saturated carbocycles. The lowest BCUT2D eigenvalue weighted by atomic mass is 9.82. The number of amides is 3. The summed E-state index contributed by atoms with van der Waals surface area (Å²) < 4.78 is 18.7. The summed E-state index contributed by atoms with van der Waals surface area (Å²) in [5.41, 5.74) is 2.67. The first-order valence-corrected chi connectivity index (χ1v) is 22.2. The second-order valence-electron chi connectivity index (χ2n) is 14.9. The number of nitrogens with zero attached hydrogens (tertiary/aromatic N) is 3. The van der Waals surface area contributed by atoms with Gasteiger partial charge in [0.25, 0.3) is 5.91 Å². The largest absolute Gasteiger partial charge is 0.497 e. The zero-order chi connectivity index (χ0) is 38.2. The summed E-state index contributed by atoms with van der Waals surface area (Å²) in [7, 11) is -0.860. The van der Waals surface area contributed by atoms with Crippen molar-refractivity contribution in [1.29, 1.82) is 0 Å². The minimum atomic E-state index is -2.51. The van der Waals surface area contributed by atoms with Gasteiger partial charge < -0.3 is 29.1 Å². The normalized spacial score (nSPS) is 22.1. The highest BCUT2D eigenvalue weighted by atomic mass is 79.9. The zero-order valence-corrected chi connectivity index (χ0v) is 33.6. The molecule has 1 N–H and O–H groups in total. The Balaban J connectivity index is 1.26. The summed E-state index contributed by atoms with van der Waals surface area (Å²) in [4.78, 5) is 46.8. The van der Waals surface area contributed by atoms with Gasteiger partial charge >= 0.3 is 6.09 Å². The van der Waals surface area contributed by atoms with Crippen LogP contribution in [-0.4, -0.2) is 75.5 Å². The van der Waals surface area contributed by atoms with E-state index in [1.54, 1.807) is 21.8 Å². The molecule has 4 atom stereocenters. The Morgan fingerprint density at radius 1 is 1.00 bits per heavy atom. The van der Waals surface area contributed by atoms with E-state index in [1.165, 1.54) is 5.19 Å². The number of carbonyl (C=O) groups is 3. The molecule has 0 bridgehead atoms. The lowest BCUT2D eigenvalue weighted by Crippen LogP contribution is -2.52. The molecule has 0 radical (unpaired) electrons. The van der Waals surface area contributed by atoms with E-state index >= 15 is 4.79 Å². The van der Waals surface area contributed by atoms with E-state index in [4.69, 9.17) is 14.2 Å². The summed E-state index contributed by atoms with van der Waals surface area (Å²) in [5, 5.41) is 11.2. The number of aliphatic hydroxyl groups excluding tert-OH is 1. The van der Waals surface area contributed by atoms with Crippen molar-refractivity contribution in [3.63, 3.8) is 0 Å². The van der Waals surface area contributed by atoms with Gasteiger partial charge in [0.2, 0.25) is 5.91 Å². The van der Waals surface area contributed by atoms with Gasteiger partial charge in [-0.3, -0.25) is 14.5 Å². The Labute approximate surface area is 325 Å². The van der Waals surface area contributed by atoms with Gasteiger partial charge in [0.15, 0.2) is 5.60 Å². The van der Waals surface area contributed by atoms with Gasteiger partial charge in [-0.05, 0) is 59.1 Å². The molecule has 0 unspecified atom stereocenters. The van der Waals surface area contributed by atoms with Crippen LogP contribution in [0.5, 0.6) is 5.75 Å². The number of rotatable bonds is 12. The maximum Gasteiger partial charge on any atom is 0.414 e. The SMILES string of the molecule is COc1ccc([Si](C)(C)[C@H]2[C@H](CC(=O)N(CCO)Cc3ccccc3)O[C@@]3(C(=O)N(Cc4ccc(N5CCOC5=O)cc4)c4ccc(Br)cc43)[C@@H]2C)cc1. The maximum atomic E-state index is 15.2. The molecule has 4 aromatic rings. The standard InChI is InChI=1S/C42H46BrN3O7Si/c1-28-39(54(3,4)34-17-15-33(51-2)16-18-34)37(25-38(48)44(20-22-47)26-29-8-6-5-7-9-29)53-42(28)35-24-31(43)12-19-36(35)46(40(42)49)27-30-10-13-32(14-11-30)45-21-23-52-41(45)50/h5-19,24,28,37,39,47H,20-23,25-27H2,1-4H3/t28-,37+,39-,42+/m1/s1. The number of ether oxygens (including phenoxy) is 3. The van der Waals surface area contributed by atoms with Crippen LogP contribution < -0.4 is 19.7 Å². The van der Waals surface area contributed by atoms with Crippen LogP contribution in [0.25, 0.3) is 0 Å². The van der Waals surface area contributed by atoms with Gasteiger partial charge in [-0.25, -0.2) is 4.79 Å². The van der Waals surface area contributed by atoms with Crippen LogP contribution in [0.1, 0.15) is 30.0 Å². The minimum absolute atomic E-state index is 0.0627. The molecule has 1 spiro atoms. The van der Waals surface area contributed by atoms with Gasteiger partial charge in [0.1, 0.15) is 12.4 Å². The topological polar surface area (TPSA) is 109 Å². The predicted molar refractivity (Wildman–Crippen MR) is 214 cm³/mol. The third kappa shape index (κ3) is 6.85. The third-order valence-corrected chi connectivity index (χ3v) is 16.3. The number of carbonyl (C=O) groups excluding carboxylic acids is 3. The van der Waals surface area contributed by atoms with Gasteiger partial charge in [-0.2, -0.15) is 0 Å². The van der Waals surface area contributed by atoms with Gasteiger partial charge in [-0.1, -0.05) is 95.7 Å². The van der Waals surface area contributed by atoms with E-state index in [1.807, 2.05) is 84.9 Å². The van der Waals surface area contributed by atoms with Crippen molar-refractivity contribution in [2.75, 3.05) is 43.2 Å². The molecule has 3 aliphatic heterocycles. The summed E-state index contributed by atoms with van der Waals surface area (Å²) in [6, 6.07) is 31.4.